The van der Waals surface area contributed by atoms with Gasteiger partial charge in [0.2, 0.25) is 0 Å². The summed E-state index contributed by atoms with van der Waals surface area (Å²) in [5.41, 5.74) is 0. The first-order valence-electron chi connectivity index (χ1n) is 6.80. The molecular formula is C13H22N4S2. The van der Waals surface area contributed by atoms with Crippen LogP contribution in [0.4, 0.5) is 11.6 Å². The number of hydrogen-bond donors (Lipinski definition) is 2. The first-order valence-corrected chi connectivity index (χ1v) is 9.18. The highest BCUT2D eigenvalue weighted by Gasteiger charge is 2.15. The van der Waals surface area contributed by atoms with E-state index in [9.17, 15) is 0 Å². The molecule has 0 saturated carbocycles. The maximum absolute atomic E-state index is 4.51. The summed E-state index contributed by atoms with van der Waals surface area (Å²) in [7, 11) is 0. The number of nitrogens with one attached hydrogen (secondary N) is 2. The fourth-order valence-corrected chi connectivity index (χ4v) is 3.61. The Hall–Kier alpha value is -0.620. The third-order valence-electron chi connectivity index (χ3n) is 3.04. The molecule has 1 fully saturated rings. The monoisotopic (exact) mass is 298 g/mol. The second kappa shape index (κ2) is 7.85. The third-order valence-corrected chi connectivity index (χ3v) is 4.82. The Kier molecular flexibility index (Phi) is 6.10. The lowest BCUT2D eigenvalue weighted by Crippen LogP contribution is -2.15. The molecule has 1 saturated heterocycles. The number of thioether (sulfide) groups is 2. The van der Waals surface area contributed by atoms with Crippen molar-refractivity contribution in [2.24, 2.45) is 5.92 Å². The van der Waals surface area contributed by atoms with E-state index in [1.165, 1.54) is 17.9 Å². The van der Waals surface area contributed by atoms with Gasteiger partial charge in [0.25, 0.3) is 0 Å². The fourth-order valence-electron chi connectivity index (χ4n) is 1.94. The van der Waals surface area contributed by atoms with Gasteiger partial charge in [-0.2, -0.15) is 11.8 Å². The molecule has 1 unspecified atom stereocenters. The molecule has 106 valence electrons. The number of rotatable bonds is 7. The largest absolute Gasteiger partial charge is 0.370 e. The van der Waals surface area contributed by atoms with E-state index in [0.29, 0.717) is 0 Å². The molecule has 0 aliphatic carbocycles. The van der Waals surface area contributed by atoms with Gasteiger partial charge in [0.1, 0.15) is 11.6 Å². The zero-order valence-electron chi connectivity index (χ0n) is 11.6. The lowest BCUT2D eigenvalue weighted by Gasteiger charge is -2.12. The van der Waals surface area contributed by atoms with Crippen LogP contribution in [0.5, 0.6) is 0 Å². The predicted octanol–water partition coefficient (Wildman–Crippen LogP) is 3.19. The first kappa shape index (κ1) is 14.8. The van der Waals surface area contributed by atoms with Crippen LogP contribution in [-0.4, -0.2) is 40.8 Å². The van der Waals surface area contributed by atoms with Gasteiger partial charge in [-0.1, -0.05) is 18.7 Å². The van der Waals surface area contributed by atoms with E-state index in [4.69, 9.17) is 0 Å². The molecule has 2 heterocycles. The number of nitrogens with zero attached hydrogens (tertiary/aromatic N) is 2. The van der Waals surface area contributed by atoms with Gasteiger partial charge < -0.3 is 10.6 Å². The molecule has 0 spiro atoms. The molecule has 1 aliphatic rings. The van der Waals surface area contributed by atoms with Crippen molar-refractivity contribution in [2.45, 2.75) is 24.9 Å². The number of hydrogen-bond acceptors (Lipinski definition) is 6. The Morgan fingerprint density at radius 1 is 1.37 bits per heavy atom. The molecular weight excluding hydrogens is 276 g/mol. The molecule has 6 heteroatoms. The topological polar surface area (TPSA) is 49.8 Å². The zero-order valence-corrected chi connectivity index (χ0v) is 13.2. The Bertz CT molecular complexity index is 394. The summed E-state index contributed by atoms with van der Waals surface area (Å²) in [4.78, 5) is 8.98. The highest BCUT2D eigenvalue weighted by atomic mass is 32.2. The number of aromatic nitrogens is 2. The molecule has 4 nitrogen and oxygen atoms in total. The minimum Gasteiger partial charge on any atom is -0.370 e. The maximum atomic E-state index is 4.51. The van der Waals surface area contributed by atoms with Gasteiger partial charge in [-0.3, -0.25) is 0 Å². The van der Waals surface area contributed by atoms with Gasteiger partial charge in [-0.25, -0.2) is 9.97 Å². The van der Waals surface area contributed by atoms with Crippen LogP contribution >= 0.6 is 23.5 Å². The molecule has 0 aromatic carbocycles. The van der Waals surface area contributed by atoms with E-state index >= 15 is 0 Å². The third kappa shape index (κ3) is 4.76. The van der Waals surface area contributed by atoms with Crippen LogP contribution in [0.15, 0.2) is 11.2 Å². The van der Waals surface area contributed by atoms with Crippen LogP contribution in [0.2, 0.25) is 0 Å². The van der Waals surface area contributed by atoms with E-state index in [0.717, 1.165) is 42.2 Å². The van der Waals surface area contributed by atoms with Crippen LogP contribution in [0.1, 0.15) is 19.8 Å². The average molecular weight is 298 g/mol. The lowest BCUT2D eigenvalue weighted by molar-refractivity contribution is 0.630. The minimum absolute atomic E-state index is 0.782. The van der Waals surface area contributed by atoms with Gasteiger partial charge in [0.15, 0.2) is 5.16 Å². The SMILES string of the molecule is CCCNc1cc(NCC2CCSC2)nc(SC)n1. The van der Waals surface area contributed by atoms with Crippen molar-refractivity contribution in [2.75, 3.05) is 41.5 Å². The van der Waals surface area contributed by atoms with E-state index in [1.807, 2.05) is 12.3 Å². The molecule has 0 bridgehead atoms. The molecule has 0 radical (unpaired) electrons. The first-order chi connectivity index (χ1) is 9.31. The van der Waals surface area contributed by atoms with E-state index < -0.39 is 0 Å². The van der Waals surface area contributed by atoms with Gasteiger partial charge in [-0.05, 0) is 36.5 Å². The van der Waals surface area contributed by atoms with E-state index in [1.54, 1.807) is 11.8 Å². The summed E-state index contributed by atoms with van der Waals surface area (Å²) in [5.74, 6) is 5.22. The van der Waals surface area contributed by atoms with Crippen molar-refractivity contribution in [1.29, 1.82) is 0 Å². The Balaban J connectivity index is 1.96. The van der Waals surface area contributed by atoms with Gasteiger partial charge in [0.05, 0.1) is 0 Å². The Morgan fingerprint density at radius 3 is 2.79 bits per heavy atom. The summed E-state index contributed by atoms with van der Waals surface area (Å²) in [6.45, 7) is 4.12. The molecule has 2 N–H and O–H groups in total. The number of anilines is 2. The molecule has 0 amide bonds. The van der Waals surface area contributed by atoms with Crippen LogP contribution < -0.4 is 10.6 Å². The Morgan fingerprint density at radius 2 is 2.16 bits per heavy atom. The van der Waals surface area contributed by atoms with Gasteiger partial charge in [0, 0.05) is 19.2 Å². The quantitative estimate of drug-likeness (QED) is 0.595. The van der Waals surface area contributed by atoms with Crippen molar-refractivity contribution >= 4 is 35.2 Å². The van der Waals surface area contributed by atoms with Gasteiger partial charge >= 0.3 is 0 Å². The molecule has 1 aromatic rings. The van der Waals surface area contributed by atoms with Crippen molar-refractivity contribution in [3.63, 3.8) is 0 Å². The van der Waals surface area contributed by atoms with Crippen molar-refractivity contribution in [1.82, 2.24) is 9.97 Å². The van der Waals surface area contributed by atoms with E-state index in [2.05, 4.69) is 39.3 Å². The second-order valence-electron chi connectivity index (χ2n) is 4.66. The van der Waals surface area contributed by atoms with Crippen LogP contribution in [-0.2, 0) is 0 Å². The van der Waals surface area contributed by atoms with Crippen molar-refractivity contribution < 1.29 is 0 Å². The predicted molar refractivity (Wildman–Crippen MR) is 86.5 cm³/mol. The molecule has 2 rings (SSSR count). The highest BCUT2D eigenvalue weighted by Crippen LogP contribution is 2.24. The van der Waals surface area contributed by atoms with Crippen LogP contribution in [0.25, 0.3) is 0 Å². The minimum atomic E-state index is 0.782. The summed E-state index contributed by atoms with van der Waals surface area (Å²) >= 11 is 3.63. The molecule has 1 atom stereocenters. The van der Waals surface area contributed by atoms with Crippen molar-refractivity contribution in [3.05, 3.63) is 6.07 Å². The summed E-state index contributed by atoms with van der Waals surface area (Å²) in [6, 6.07) is 2.01. The van der Waals surface area contributed by atoms with Crippen LogP contribution in [0.3, 0.4) is 0 Å². The molecule has 19 heavy (non-hydrogen) atoms. The normalized spacial score (nSPS) is 18.5. The maximum Gasteiger partial charge on any atom is 0.191 e. The van der Waals surface area contributed by atoms with E-state index in [-0.39, 0.29) is 0 Å². The van der Waals surface area contributed by atoms with Crippen LogP contribution in [0, 0.1) is 5.92 Å². The smallest absolute Gasteiger partial charge is 0.191 e. The highest BCUT2D eigenvalue weighted by molar-refractivity contribution is 7.99. The summed E-state index contributed by atoms with van der Waals surface area (Å²) < 4.78 is 0. The second-order valence-corrected chi connectivity index (χ2v) is 6.59. The van der Waals surface area contributed by atoms with Gasteiger partial charge in [-0.15, -0.1) is 0 Å². The molecule has 1 aliphatic heterocycles. The Labute approximate surface area is 123 Å². The summed E-state index contributed by atoms with van der Waals surface area (Å²) in [5, 5.41) is 7.61. The zero-order chi connectivity index (χ0) is 13.5. The van der Waals surface area contributed by atoms with Crippen molar-refractivity contribution in [3.8, 4) is 0 Å². The molecule has 1 aromatic heterocycles. The standard InChI is InChI=1S/C13H22N4S2/c1-3-5-14-11-7-12(17-13(16-11)18-2)15-8-10-4-6-19-9-10/h7,10H,3-6,8-9H2,1-2H3,(H2,14,15,16,17). The average Bonchev–Trinajstić information content (AvgIpc) is 2.96. The summed E-state index contributed by atoms with van der Waals surface area (Å²) in [6.07, 6.45) is 4.43. The fraction of sp³-hybridized carbons (Fsp3) is 0.692. The lowest BCUT2D eigenvalue weighted by atomic mass is 10.1.